The zero-order chi connectivity index (χ0) is 19.6. The average Bonchev–Trinajstić information content (AvgIpc) is 2.61. The van der Waals surface area contributed by atoms with Crippen LogP contribution in [0, 0.1) is 12.8 Å². The SMILES string of the molecule is Cc1cccnc1N1CC=C(C(=O)Nc2ccc(C(C)(C)C)cc2)[C@H](C)C1. The predicted octanol–water partition coefficient (Wildman–Crippen LogP) is 4.71. The summed E-state index contributed by atoms with van der Waals surface area (Å²) < 4.78 is 0. The van der Waals surface area contributed by atoms with Crippen molar-refractivity contribution in [2.24, 2.45) is 5.92 Å². The number of pyridine rings is 1. The van der Waals surface area contributed by atoms with Crippen molar-refractivity contribution in [1.82, 2.24) is 4.98 Å². The zero-order valence-electron chi connectivity index (χ0n) is 16.9. The number of anilines is 2. The van der Waals surface area contributed by atoms with Crippen molar-refractivity contribution in [3.63, 3.8) is 0 Å². The third-order valence-electron chi connectivity index (χ3n) is 5.11. The monoisotopic (exact) mass is 363 g/mol. The topological polar surface area (TPSA) is 45.2 Å². The largest absolute Gasteiger partial charge is 0.352 e. The van der Waals surface area contributed by atoms with E-state index in [2.05, 4.69) is 68.0 Å². The number of hydrogen-bond donors (Lipinski definition) is 1. The van der Waals surface area contributed by atoms with Gasteiger partial charge in [0.05, 0.1) is 0 Å². The Morgan fingerprint density at radius 2 is 1.89 bits per heavy atom. The van der Waals surface area contributed by atoms with Crippen LogP contribution in [0.15, 0.2) is 54.2 Å². The van der Waals surface area contributed by atoms with Gasteiger partial charge in [-0.15, -0.1) is 0 Å². The van der Waals surface area contributed by atoms with E-state index in [-0.39, 0.29) is 17.2 Å². The van der Waals surface area contributed by atoms with E-state index in [1.165, 1.54) is 5.56 Å². The molecule has 0 bridgehead atoms. The molecular weight excluding hydrogens is 334 g/mol. The van der Waals surface area contributed by atoms with Crippen LogP contribution in [-0.4, -0.2) is 24.0 Å². The molecule has 4 heteroatoms. The number of aromatic nitrogens is 1. The van der Waals surface area contributed by atoms with E-state index in [0.717, 1.165) is 29.2 Å². The van der Waals surface area contributed by atoms with E-state index >= 15 is 0 Å². The summed E-state index contributed by atoms with van der Waals surface area (Å²) in [5.74, 6) is 1.13. The number of nitrogens with one attached hydrogen (secondary N) is 1. The highest BCUT2D eigenvalue weighted by Crippen LogP contribution is 2.26. The summed E-state index contributed by atoms with van der Waals surface area (Å²) in [6.07, 6.45) is 3.85. The average molecular weight is 364 g/mol. The molecule has 1 aliphatic rings. The van der Waals surface area contributed by atoms with E-state index in [0.29, 0.717) is 6.54 Å². The van der Waals surface area contributed by atoms with Gasteiger partial charge >= 0.3 is 0 Å². The molecule has 1 N–H and O–H groups in total. The highest BCUT2D eigenvalue weighted by atomic mass is 16.1. The van der Waals surface area contributed by atoms with E-state index in [4.69, 9.17) is 0 Å². The molecule has 1 amide bonds. The van der Waals surface area contributed by atoms with Crippen molar-refractivity contribution < 1.29 is 4.79 Å². The van der Waals surface area contributed by atoms with Crippen molar-refractivity contribution in [2.45, 2.75) is 40.0 Å². The Bertz CT molecular complexity index is 847. The Morgan fingerprint density at radius 1 is 1.19 bits per heavy atom. The molecule has 1 atom stereocenters. The predicted molar refractivity (Wildman–Crippen MR) is 112 cm³/mol. The van der Waals surface area contributed by atoms with Gasteiger partial charge in [0.15, 0.2) is 0 Å². The van der Waals surface area contributed by atoms with E-state index < -0.39 is 0 Å². The molecule has 0 saturated carbocycles. The van der Waals surface area contributed by atoms with Gasteiger partial charge in [-0.25, -0.2) is 4.98 Å². The van der Waals surface area contributed by atoms with Crippen LogP contribution in [0.25, 0.3) is 0 Å². The summed E-state index contributed by atoms with van der Waals surface area (Å²) in [5.41, 5.74) is 4.21. The summed E-state index contributed by atoms with van der Waals surface area (Å²) in [5, 5.41) is 3.05. The minimum absolute atomic E-state index is 0.0107. The molecule has 1 aromatic heterocycles. The van der Waals surface area contributed by atoms with Gasteiger partial charge in [-0.3, -0.25) is 4.79 Å². The Hall–Kier alpha value is -2.62. The molecule has 2 aromatic rings. The number of carbonyl (C=O) groups is 1. The van der Waals surface area contributed by atoms with Crippen LogP contribution in [-0.2, 0) is 10.2 Å². The first-order chi connectivity index (χ1) is 12.8. The summed E-state index contributed by atoms with van der Waals surface area (Å²) in [6.45, 7) is 12.2. The van der Waals surface area contributed by atoms with Crippen LogP contribution >= 0.6 is 0 Å². The number of rotatable bonds is 3. The molecule has 0 saturated heterocycles. The second-order valence-corrected chi connectivity index (χ2v) is 8.39. The Balaban J connectivity index is 1.69. The molecule has 0 fully saturated rings. The highest BCUT2D eigenvalue weighted by Gasteiger charge is 2.25. The number of nitrogens with zero attached hydrogens (tertiary/aromatic N) is 2. The molecule has 142 valence electrons. The summed E-state index contributed by atoms with van der Waals surface area (Å²) >= 11 is 0. The molecule has 1 aliphatic heterocycles. The lowest BCUT2D eigenvalue weighted by Gasteiger charge is -2.32. The zero-order valence-corrected chi connectivity index (χ0v) is 16.9. The van der Waals surface area contributed by atoms with Gasteiger partial charge in [-0.2, -0.15) is 0 Å². The standard InChI is InChI=1S/C23H29N3O/c1-16-7-6-13-24-21(16)26-14-12-20(17(2)15-26)22(27)25-19-10-8-18(9-11-19)23(3,4)5/h6-13,17H,14-15H2,1-5H3,(H,25,27)/t17-/m1/s1. The number of aryl methyl sites for hydroxylation is 1. The van der Waals surface area contributed by atoms with E-state index in [1.54, 1.807) is 0 Å². The van der Waals surface area contributed by atoms with Crippen LogP contribution in [0.2, 0.25) is 0 Å². The Kier molecular flexibility index (Phi) is 5.36. The maximum absolute atomic E-state index is 12.8. The van der Waals surface area contributed by atoms with Gasteiger partial charge in [0, 0.05) is 36.5 Å². The second-order valence-electron chi connectivity index (χ2n) is 8.39. The van der Waals surface area contributed by atoms with Crippen molar-refractivity contribution in [1.29, 1.82) is 0 Å². The summed E-state index contributed by atoms with van der Waals surface area (Å²) in [7, 11) is 0. The van der Waals surface area contributed by atoms with Crippen molar-refractivity contribution in [3.05, 3.63) is 65.4 Å². The van der Waals surface area contributed by atoms with Crippen molar-refractivity contribution >= 4 is 17.4 Å². The molecule has 27 heavy (non-hydrogen) atoms. The normalized spacial score (nSPS) is 17.4. The van der Waals surface area contributed by atoms with Gasteiger partial charge in [0.2, 0.25) is 0 Å². The highest BCUT2D eigenvalue weighted by molar-refractivity contribution is 6.04. The molecule has 0 spiro atoms. The number of benzene rings is 1. The molecule has 3 rings (SSSR count). The smallest absolute Gasteiger partial charge is 0.251 e. The first kappa shape index (κ1) is 19.2. The fourth-order valence-corrected chi connectivity index (χ4v) is 3.47. The van der Waals surface area contributed by atoms with Gasteiger partial charge in [0.25, 0.3) is 5.91 Å². The molecular formula is C23H29N3O. The quantitative estimate of drug-likeness (QED) is 0.859. The van der Waals surface area contributed by atoms with Crippen LogP contribution in [0.3, 0.4) is 0 Å². The van der Waals surface area contributed by atoms with Crippen LogP contribution < -0.4 is 10.2 Å². The van der Waals surface area contributed by atoms with Gasteiger partial charge in [0.1, 0.15) is 5.82 Å². The lowest BCUT2D eigenvalue weighted by Crippen LogP contribution is -2.37. The second kappa shape index (κ2) is 7.55. The van der Waals surface area contributed by atoms with E-state index in [9.17, 15) is 4.79 Å². The number of hydrogen-bond acceptors (Lipinski definition) is 3. The summed E-state index contributed by atoms with van der Waals surface area (Å²) in [6, 6.07) is 12.2. The van der Waals surface area contributed by atoms with E-state index in [1.807, 2.05) is 30.5 Å². The molecule has 0 unspecified atom stereocenters. The third kappa shape index (κ3) is 4.38. The van der Waals surface area contributed by atoms with Gasteiger partial charge in [-0.05, 0) is 41.7 Å². The first-order valence-corrected chi connectivity index (χ1v) is 9.54. The van der Waals surface area contributed by atoms with Crippen molar-refractivity contribution in [3.8, 4) is 0 Å². The van der Waals surface area contributed by atoms with Crippen LogP contribution in [0.1, 0.15) is 38.8 Å². The van der Waals surface area contributed by atoms with Crippen LogP contribution in [0.5, 0.6) is 0 Å². The number of carbonyl (C=O) groups excluding carboxylic acids is 1. The minimum Gasteiger partial charge on any atom is -0.352 e. The maximum atomic E-state index is 12.8. The van der Waals surface area contributed by atoms with Gasteiger partial charge < -0.3 is 10.2 Å². The minimum atomic E-state index is -0.0107. The molecule has 2 heterocycles. The molecule has 0 radical (unpaired) electrons. The first-order valence-electron chi connectivity index (χ1n) is 9.54. The summed E-state index contributed by atoms with van der Waals surface area (Å²) in [4.78, 5) is 19.5. The van der Waals surface area contributed by atoms with Crippen LogP contribution in [0.4, 0.5) is 11.5 Å². The molecule has 1 aromatic carbocycles. The van der Waals surface area contributed by atoms with Gasteiger partial charge in [-0.1, -0.05) is 52.0 Å². The molecule has 4 nitrogen and oxygen atoms in total. The third-order valence-corrected chi connectivity index (χ3v) is 5.11. The fraction of sp³-hybridized carbons (Fsp3) is 0.391. The number of amides is 1. The fourth-order valence-electron chi connectivity index (χ4n) is 3.47. The lowest BCUT2D eigenvalue weighted by atomic mass is 9.87. The Labute approximate surface area is 162 Å². The molecule has 0 aliphatic carbocycles. The van der Waals surface area contributed by atoms with Crippen molar-refractivity contribution in [2.75, 3.05) is 23.3 Å². The maximum Gasteiger partial charge on any atom is 0.251 e. The lowest BCUT2D eigenvalue weighted by molar-refractivity contribution is -0.113. The Morgan fingerprint density at radius 3 is 2.48 bits per heavy atom.